The number of amides is 1. The molecule has 2 aromatic rings. The van der Waals surface area contributed by atoms with Gasteiger partial charge in [-0.25, -0.2) is 4.79 Å². The first-order chi connectivity index (χ1) is 11.6. The number of piperidine rings is 1. The second-order valence-corrected chi connectivity index (χ2v) is 6.20. The molecule has 0 aliphatic carbocycles. The van der Waals surface area contributed by atoms with Crippen LogP contribution in [0.25, 0.3) is 0 Å². The Labute approximate surface area is 140 Å². The number of carboxylic acid groups (broad SMARTS) is 1. The van der Waals surface area contributed by atoms with Crippen LogP contribution in [-0.4, -0.2) is 44.8 Å². The van der Waals surface area contributed by atoms with Crippen molar-refractivity contribution < 1.29 is 14.7 Å². The van der Waals surface area contributed by atoms with Crippen molar-refractivity contribution in [2.45, 2.75) is 31.7 Å². The number of carbonyl (C=O) groups is 2. The van der Waals surface area contributed by atoms with Gasteiger partial charge in [-0.1, -0.05) is 30.3 Å². The Bertz CT molecular complexity index is 718. The highest BCUT2D eigenvalue weighted by Crippen LogP contribution is 2.25. The molecule has 0 radical (unpaired) electrons. The topological polar surface area (TPSA) is 75.4 Å². The largest absolute Gasteiger partial charge is 0.478 e. The third-order valence-corrected chi connectivity index (χ3v) is 4.67. The zero-order valence-corrected chi connectivity index (χ0v) is 13.6. The van der Waals surface area contributed by atoms with E-state index in [4.69, 9.17) is 5.11 Å². The van der Waals surface area contributed by atoms with Crippen molar-refractivity contribution in [1.82, 2.24) is 14.7 Å². The molecule has 24 heavy (non-hydrogen) atoms. The van der Waals surface area contributed by atoms with E-state index in [1.54, 1.807) is 10.9 Å². The van der Waals surface area contributed by atoms with Crippen molar-refractivity contribution in [1.29, 1.82) is 0 Å². The Balaban J connectivity index is 1.60. The fourth-order valence-corrected chi connectivity index (χ4v) is 3.16. The van der Waals surface area contributed by atoms with E-state index in [0.29, 0.717) is 13.1 Å². The van der Waals surface area contributed by atoms with Gasteiger partial charge in [0.05, 0.1) is 23.7 Å². The second kappa shape index (κ2) is 6.86. The Morgan fingerprint density at radius 3 is 2.46 bits per heavy atom. The summed E-state index contributed by atoms with van der Waals surface area (Å²) in [6, 6.07) is 9.95. The molecule has 1 amide bonds. The molecule has 3 rings (SSSR count). The summed E-state index contributed by atoms with van der Waals surface area (Å²) in [6.45, 7) is 3.28. The van der Waals surface area contributed by atoms with E-state index >= 15 is 0 Å². The van der Waals surface area contributed by atoms with Gasteiger partial charge in [0.2, 0.25) is 5.91 Å². The highest BCUT2D eigenvalue weighted by atomic mass is 16.4. The fraction of sp³-hybridized carbons (Fsp3) is 0.389. The summed E-state index contributed by atoms with van der Waals surface area (Å²) in [4.78, 5) is 25.5. The highest BCUT2D eigenvalue weighted by molar-refractivity contribution is 5.86. The van der Waals surface area contributed by atoms with Crippen LogP contribution in [0.4, 0.5) is 0 Å². The Kier molecular flexibility index (Phi) is 4.64. The lowest BCUT2D eigenvalue weighted by Crippen LogP contribution is -2.41. The molecule has 0 spiro atoms. The Morgan fingerprint density at radius 1 is 1.21 bits per heavy atom. The summed E-state index contributed by atoms with van der Waals surface area (Å²) in [5.41, 5.74) is 1.23. The van der Waals surface area contributed by atoms with Crippen LogP contribution < -0.4 is 0 Å². The van der Waals surface area contributed by atoms with E-state index in [9.17, 15) is 9.59 Å². The summed E-state index contributed by atoms with van der Waals surface area (Å²) in [6.07, 6.45) is 4.51. The van der Waals surface area contributed by atoms with Gasteiger partial charge in [0.15, 0.2) is 0 Å². The Morgan fingerprint density at radius 2 is 1.88 bits per heavy atom. The molecule has 0 bridgehead atoms. The van der Waals surface area contributed by atoms with Crippen LogP contribution in [0.3, 0.4) is 0 Å². The molecule has 1 saturated heterocycles. The van der Waals surface area contributed by atoms with Gasteiger partial charge in [-0.05, 0) is 25.3 Å². The number of benzene rings is 1. The van der Waals surface area contributed by atoms with E-state index in [2.05, 4.69) is 5.10 Å². The van der Waals surface area contributed by atoms with Gasteiger partial charge in [0.25, 0.3) is 0 Å². The third-order valence-electron chi connectivity index (χ3n) is 4.67. The zero-order chi connectivity index (χ0) is 17.1. The van der Waals surface area contributed by atoms with E-state index in [-0.39, 0.29) is 23.4 Å². The summed E-state index contributed by atoms with van der Waals surface area (Å²) in [7, 11) is 0. The van der Waals surface area contributed by atoms with E-state index in [1.807, 2.05) is 42.2 Å². The number of hydrogen-bond acceptors (Lipinski definition) is 3. The molecule has 1 fully saturated rings. The van der Waals surface area contributed by atoms with Crippen molar-refractivity contribution in [3.63, 3.8) is 0 Å². The van der Waals surface area contributed by atoms with Crippen LogP contribution in [0.2, 0.25) is 0 Å². The standard InChI is InChI=1S/C18H21N3O3/c1-13(14-5-3-2-4-6-14)17(22)20-9-7-16(8-10-20)21-12-15(11-19-21)18(23)24/h2-6,11-13,16H,7-10H2,1H3,(H,23,24)/t13-/m1/s1. The number of carbonyl (C=O) groups excluding carboxylic acids is 1. The number of aromatic nitrogens is 2. The molecule has 1 aliphatic heterocycles. The molecule has 6 heteroatoms. The number of aromatic carboxylic acids is 1. The highest BCUT2D eigenvalue weighted by Gasteiger charge is 2.27. The van der Waals surface area contributed by atoms with Crippen molar-refractivity contribution >= 4 is 11.9 Å². The molecule has 0 unspecified atom stereocenters. The average Bonchev–Trinajstić information content (AvgIpc) is 3.12. The SMILES string of the molecule is C[C@@H](C(=O)N1CCC(n2cc(C(=O)O)cn2)CC1)c1ccccc1. The Hall–Kier alpha value is -2.63. The lowest BCUT2D eigenvalue weighted by molar-refractivity contribution is -0.133. The molecule has 1 atom stereocenters. The van der Waals surface area contributed by atoms with E-state index in [1.165, 1.54) is 6.20 Å². The van der Waals surface area contributed by atoms with Crippen LogP contribution in [0.5, 0.6) is 0 Å². The minimum absolute atomic E-state index is 0.145. The monoisotopic (exact) mass is 327 g/mol. The lowest BCUT2D eigenvalue weighted by atomic mass is 9.97. The predicted molar refractivity (Wildman–Crippen MR) is 88.9 cm³/mol. The molecule has 6 nitrogen and oxygen atoms in total. The minimum Gasteiger partial charge on any atom is -0.478 e. The zero-order valence-electron chi connectivity index (χ0n) is 13.6. The quantitative estimate of drug-likeness (QED) is 0.936. The first-order valence-corrected chi connectivity index (χ1v) is 8.17. The van der Waals surface area contributed by atoms with Crippen LogP contribution in [0, 0.1) is 0 Å². The van der Waals surface area contributed by atoms with Crippen molar-refractivity contribution in [3.05, 3.63) is 53.9 Å². The van der Waals surface area contributed by atoms with Gasteiger partial charge in [0.1, 0.15) is 0 Å². The smallest absolute Gasteiger partial charge is 0.338 e. The number of likely N-dealkylation sites (tertiary alicyclic amines) is 1. The first kappa shape index (κ1) is 16.2. The van der Waals surface area contributed by atoms with Gasteiger partial charge in [-0.15, -0.1) is 0 Å². The van der Waals surface area contributed by atoms with Gasteiger partial charge in [-0.3, -0.25) is 9.48 Å². The maximum atomic E-state index is 12.7. The van der Waals surface area contributed by atoms with Crippen molar-refractivity contribution in [2.24, 2.45) is 0 Å². The molecule has 2 heterocycles. The molecule has 1 aliphatic rings. The van der Waals surface area contributed by atoms with Gasteiger partial charge >= 0.3 is 5.97 Å². The number of carboxylic acids is 1. The molecule has 0 saturated carbocycles. The molecule has 126 valence electrons. The maximum absolute atomic E-state index is 12.7. The number of hydrogen-bond donors (Lipinski definition) is 1. The van der Waals surface area contributed by atoms with Crippen LogP contribution in [0.1, 0.15) is 47.6 Å². The van der Waals surface area contributed by atoms with Crippen LogP contribution >= 0.6 is 0 Å². The molecule has 1 N–H and O–H groups in total. The average molecular weight is 327 g/mol. The molecular weight excluding hydrogens is 306 g/mol. The fourth-order valence-electron chi connectivity index (χ4n) is 3.16. The third kappa shape index (κ3) is 3.32. The van der Waals surface area contributed by atoms with E-state index in [0.717, 1.165) is 18.4 Å². The van der Waals surface area contributed by atoms with E-state index < -0.39 is 5.97 Å². The molecule has 1 aromatic carbocycles. The summed E-state index contributed by atoms with van der Waals surface area (Å²) >= 11 is 0. The van der Waals surface area contributed by atoms with Crippen LogP contribution in [-0.2, 0) is 4.79 Å². The summed E-state index contributed by atoms with van der Waals surface area (Å²) < 4.78 is 1.71. The van der Waals surface area contributed by atoms with Gasteiger partial charge in [0, 0.05) is 19.3 Å². The number of rotatable bonds is 4. The molecular formula is C18H21N3O3. The first-order valence-electron chi connectivity index (χ1n) is 8.17. The minimum atomic E-state index is -0.967. The van der Waals surface area contributed by atoms with Gasteiger partial charge in [-0.2, -0.15) is 5.10 Å². The summed E-state index contributed by atoms with van der Waals surface area (Å²) in [5.74, 6) is -0.969. The predicted octanol–water partition coefficient (Wildman–Crippen LogP) is 2.55. The lowest BCUT2D eigenvalue weighted by Gasteiger charge is -2.33. The molecule has 1 aromatic heterocycles. The van der Waals surface area contributed by atoms with Crippen molar-refractivity contribution in [2.75, 3.05) is 13.1 Å². The summed E-state index contributed by atoms with van der Waals surface area (Å²) in [5, 5.41) is 13.1. The second-order valence-electron chi connectivity index (χ2n) is 6.20. The van der Waals surface area contributed by atoms with Crippen molar-refractivity contribution in [3.8, 4) is 0 Å². The number of nitrogens with zero attached hydrogens (tertiary/aromatic N) is 3. The normalized spacial score (nSPS) is 16.8. The van der Waals surface area contributed by atoms with Gasteiger partial charge < -0.3 is 10.0 Å². The maximum Gasteiger partial charge on any atom is 0.338 e. The van der Waals surface area contributed by atoms with Crippen LogP contribution in [0.15, 0.2) is 42.7 Å².